The molecule has 1 rings (SSSR count). The van der Waals surface area contributed by atoms with Crippen molar-refractivity contribution < 1.29 is 19.1 Å². The third kappa shape index (κ3) is 9.15. The van der Waals surface area contributed by atoms with Crippen LogP contribution in [0.4, 0.5) is 0 Å². The number of hydrogen-bond acceptors (Lipinski definition) is 5. The summed E-state index contributed by atoms with van der Waals surface area (Å²) in [4.78, 5) is 23.4. The van der Waals surface area contributed by atoms with Gasteiger partial charge < -0.3 is 15.2 Å². The molecule has 0 aromatic heterocycles. The molecular formula is C17H27NO4Si. The van der Waals surface area contributed by atoms with Crippen LogP contribution in [-0.4, -0.2) is 32.7 Å². The van der Waals surface area contributed by atoms with Gasteiger partial charge in [-0.25, -0.2) is 0 Å². The molecule has 0 saturated heterocycles. The Kier molecular flexibility index (Phi) is 7.98. The zero-order valence-corrected chi connectivity index (χ0v) is 15.2. The molecule has 0 amide bonds. The summed E-state index contributed by atoms with van der Waals surface area (Å²) in [6.45, 7) is 7.27. The first-order valence-corrected chi connectivity index (χ1v) is 11.6. The molecule has 0 aliphatic carbocycles. The van der Waals surface area contributed by atoms with E-state index in [1.54, 1.807) is 0 Å². The summed E-state index contributed by atoms with van der Waals surface area (Å²) in [5.74, 6) is -0.807. The second kappa shape index (κ2) is 9.47. The van der Waals surface area contributed by atoms with Gasteiger partial charge in [-0.1, -0.05) is 50.0 Å². The van der Waals surface area contributed by atoms with Crippen molar-refractivity contribution in [2.24, 2.45) is 5.73 Å². The number of esters is 2. The van der Waals surface area contributed by atoms with Crippen LogP contribution in [0.1, 0.15) is 18.4 Å². The molecule has 23 heavy (non-hydrogen) atoms. The highest BCUT2D eigenvalue weighted by atomic mass is 28.3. The van der Waals surface area contributed by atoms with E-state index < -0.39 is 20.1 Å². The summed E-state index contributed by atoms with van der Waals surface area (Å²) < 4.78 is 10.3. The molecule has 1 aromatic carbocycles. The van der Waals surface area contributed by atoms with Crippen molar-refractivity contribution in [3.8, 4) is 0 Å². The van der Waals surface area contributed by atoms with Crippen molar-refractivity contribution in [3.63, 3.8) is 0 Å². The van der Waals surface area contributed by atoms with Gasteiger partial charge in [0, 0.05) is 14.5 Å². The molecule has 0 bridgehead atoms. The summed E-state index contributed by atoms with van der Waals surface area (Å²) in [6, 6.07) is 9.57. The first-order chi connectivity index (χ1) is 10.8. The van der Waals surface area contributed by atoms with E-state index in [9.17, 15) is 9.59 Å². The van der Waals surface area contributed by atoms with E-state index in [1.807, 2.05) is 30.3 Å². The van der Waals surface area contributed by atoms with Crippen LogP contribution in [0.3, 0.4) is 0 Å². The van der Waals surface area contributed by atoms with Gasteiger partial charge in [-0.3, -0.25) is 9.59 Å². The minimum atomic E-state index is -1.23. The molecule has 6 heteroatoms. The molecule has 0 aliphatic heterocycles. The Bertz CT molecular complexity index is 499. The third-order valence-corrected chi connectivity index (χ3v) is 5.01. The van der Waals surface area contributed by atoms with E-state index in [2.05, 4.69) is 19.6 Å². The molecule has 0 aliphatic rings. The van der Waals surface area contributed by atoms with Gasteiger partial charge in [-0.05, 0) is 18.0 Å². The van der Waals surface area contributed by atoms with Crippen molar-refractivity contribution in [3.05, 3.63) is 35.9 Å². The number of benzene rings is 1. The Balaban J connectivity index is 2.20. The molecule has 0 radical (unpaired) electrons. The predicted molar refractivity (Wildman–Crippen MR) is 92.6 cm³/mol. The third-order valence-electron chi connectivity index (χ3n) is 3.30. The van der Waals surface area contributed by atoms with Crippen molar-refractivity contribution in [1.82, 2.24) is 0 Å². The smallest absolute Gasteiger partial charge is 0.322 e. The quantitative estimate of drug-likeness (QED) is 0.554. The first-order valence-electron chi connectivity index (χ1n) is 7.90. The van der Waals surface area contributed by atoms with Gasteiger partial charge in [0.05, 0.1) is 6.61 Å². The summed E-state index contributed by atoms with van der Waals surface area (Å²) in [7, 11) is -1.23. The zero-order valence-electron chi connectivity index (χ0n) is 14.2. The van der Waals surface area contributed by atoms with Crippen molar-refractivity contribution >= 4 is 20.0 Å². The van der Waals surface area contributed by atoms with Crippen molar-refractivity contribution in [2.45, 2.75) is 51.2 Å². The van der Waals surface area contributed by atoms with Crippen LogP contribution < -0.4 is 5.73 Å². The van der Waals surface area contributed by atoms with Crippen LogP contribution in [-0.2, 0) is 25.7 Å². The average Bonchev–Trinajstić information content (AvgIpc) is 2.50. The van der Waals surface area contributed by atoms with Crippen molar-refractivity contribution in [1.29, 1.82) is 0 Å². The average molecular weight is 337 g/mol. The molecule has 2 N–H and O–H groups in total. The summed E-state index contributed by atoms with van der Waals surface area (Å²) in [5, 5.41) is 0. The SMILES string of the molecule is C[Si](C)(C)CCOC(=O)[C@@H](N)CCC(=O)OCc1ccccc1. The first kappa shape index (κ1) is 19.4. The van der Waals surface area contributed by atoms with E-state index in [0.717, 1.165) is 11.6 Å². The van der Waals surface area contributed by atoms with E-state index in [4.69, 9.17) is 15.2 Å². The lowest BCUT2D eigenvalue weighted by molar-refractivity contribution is -0.147. The monoisotopic (exact) mass is 337 g/mol. The molecule has 0 fully saturated rings. The van der Waals surface area contributed by atoms with Crippen LogP contribution in [0.15, 0.2) is 30.3 Å². The van der Waals surface area contributed by atoms with E-state index in [1.165, 1.54) is 0 Å². The predicted octanol–water partition coefficient (Wildman–Crippen LogP) is 2.72. The number of hydrogen-bond donors (Lipinski definition) is 1. The van der Waals surface area contributed by atoms with E-state index >= 15 is 0 Å². The van der Waals surface area contributed by atoms with Crippen LogP contribution in [0.2, 0.25) is 25.7 Å². The normalized spacial score (nSPS) is 12.5. The number of rotatable bonds is 9. The van der Waals surface area contributed by atoms with Gasteiger partial charge in [0.2, 0.25) is 0 Å². The highest BCUT2D eigenvalue weighted by Crippen LogP contribution is 2.09. The lowest BCUT2D eigenvalue weighted by Gasteiger charge is -2.16. The minimum Gasteiger partial charge on any atom is -0.465 e. The van der Waals surface area contributed by atoms with Gasteiger partial charge in [-0.15, -0.1) is 0 Å². The summed E-state index contributed by atoms with van der Waals surface area (Å²) >= 11 is 0. The van der Waals surface area contributed by atoms with Gasteiger partial charge in [0.1, 0.15) is 12.6 Å². The summed E-state index contributed by atoms with van der Waals surface area (Å²) in [6.07, 6.45) is 0.344. The standard InChI is InChI=1S/C17H27NO4Si/c1-23(2,3)12-11-21-17(20)15(18)9-10-16(19)22-13-14-7-5-4-6-8-14/h4-8,15H,9-13,18H2,1-3H3/t15-/m0/s1. The van der Waals surface area contributed by atoms with Crippen molar-refractivity contribution in [2.75, 3.05) is 6.61 Å². The molecule has 5 nitrogen and oxygen atoms in total. The fraction of sp³-hybridized carbons (Fsp3) is 0.529. The Morgan fingerprint density at radius 3 is 2.39 bits per heavy atom. The van der Waals surface area contributed by atoms with Crippen LogP contribution in [0.5, 0.6) is 0 Å². The van der Waals surface area contributed by atoms with Crippen LogP contribution in [0.25, 0.3) is 0 Å². The molecule has 128 valence electrons. The van der Waals surface area contributed by atoms with Gasteiger partial charge in [0.15, 0.2) is 0 Å². The van der Waals surface area contributed by atoms with Gasteiger partial charge >= 0.3 is 11.9 Å². The number of nitrogens with two attached hydrogens (primary N) is 1. The highest BCUT2D eigenvalue weighted by Gasteiger charge is 2.19. The van der Waals surface area contributed by atoms with Gasteiger partial charge in [-0.2, -0.15) is 0 Å². The van der Waals surface area contributed by atoms with Gasteiger partial charge in [0.25, 0.3) is 0 Å². The minimum absolute atomic E-state index is 0.108. The summed E-state index contributed by atoms with van der Waals surface area (Å²) in [5.41, 5.74) is 6.68. The molecule has 1 aromatic rings. The van der Waals surface area contributed by atoms with Crippen LogP contribution in [0, 0.1) is 0 Å². The number of carbonyl (C=O) groups is 2. The maximum absolute atomic E-state index is 11.7. The molecule has 0 heterocycles. The fourth-order valence-electron chi connectivity index (χ4n) is 1.77. The Hall–Kier alpha value is -1.66. The molecule has 0 unspecified atom stereocenters. The second-order valence-electron chi connectivity index (χ2n) is 6.77. The van der Waals surface area contributed by atoms with E-state index in [-0.39, 0.29) is 25.4 Å². The second-order valence-corrected chi connectivity index (χ2v) is 12.4. The molecular weight excluding hydrogens is 310 g/mol. The maximum atomic E-state index is 11.7. The van der Waals surface area contributed by atoms with E-state index in [0.29, 0.717) is 6.61 Å². The number of carbonyl (C=O) groups excluding carboxylic acids is 2. The molecule has 0 spiro atoms. The lowest BCUT2D eigenvalue weighted by Crippen LogP contribution is -2.34. The Labute approximate surface area is 139 Å². The number of ether oxygens (including phenoxy) is 2. The largest absolute Gasteiger partial charge is 0.465 e. The van der Waals surface area contributed by atoms with Crippen LogP contribution >= 0.6 is 0 Å². The molecule has 1 atom stereocenters. The Morgan fingerprint density at radius 1 is 1.13 bits per heavy atom. The zero-order chi connectivity index (χ0) is 17.3. The fourth-order valence-corrected chi connectivity index (χ4v) is 2.48. The molecule has 0 saturated carbocycles. The Morgan fingerprint density at radius 2 is 1.78 bits per heavy atom. The topological polar surface area (TPSA) is 78.6 Å². The highest BCUT2D eigenvalue weighted by molar-refractivity contribution is 6.76. The lowest BCUT2D eigenvalue weighted by atomic mass is 10.2. The maximum Gasteiger partial charge on any atom is 0.322 e.